The van der Waals surface area contributed by atoms with E-state index in [4.69, 9.17) is 4.74 Å². The van der Waals surface area contributed by atoms with Gasteiger partial charge in [0.2, 0.25) is 0 Å². The van der Waals surface area contributed by atoms with Crippen molar-refractivity contribution in [3.05, 3.63) is 24.3 Å². The molecule has 1 aliphatic carbocycles. The van der Waals surface area contributed by atoms with Crippen LogP contribution in [0.2, 0.25) is 0 Å². The SMILES string of the molecule is CSc1ccc(O[C@@H]2CCCC[C@H]2O)cc1. The molecule has 16 heavy (non-hydrogen) atoms. The number of hydrogen-bond acceptors (Lipinski definition) is 3. The zero-order chi connectivity index (χ0) is 11.4. The van der Waals surface area contributed by atoms with Gasteiger partial charge in [0.05, 0.1) is 6.10 Å². The van der Waals surface area contributed by atoms with Gasteiger partial charge in [-0.2, -0.15) is 0 Å². The predicted octanol–water partition coefficient (Wildman–Crippen LogP) is 3.09. The normalized spacial score (nSPS) is 25.4. The van der Waals surface area contributed by atoms with Crippen LogP contribution < -0.4 is 4.74 Å². The number of hydrogen-bond donors (Lipinski definition) is 1. The summed E-state index contributed by atoms with van der Waals surface area (Å²) in [6.45, 7) is 0. The van der Waals surface area contributed by atoms with E-state index in [1.54, 1.807) is 11.8 Å². The van der Waals surface area contributed by atoms with Crippen LogP contribution in [0.1, 0.15) is 25.7 Å². The molecule has 0 unspecified atom stereocenters. The Kier molecular flexibility index (Phi) is 4.13. The third-order valence-electron chi connectivity index (χ3n) is 3.01. The second-order valence-electron chi connectivity index (χ2n) is 4.18. The molecular weight excluding hydrogens is 220 g/mol. The van der Waals surface area contributed by atoms with Crippen molar-refractivity contribution in [3.8, 4) is 5.75 Å². The summed E-state index contributed by atoms with van der Waals surface area (Å²) in [6.07, 6.45) is 5.85. The minimum Gasteiger partial charge on any atom is -0.488 e. The van der Waals surface area contributed by atoms with E-state index >= 15 is 0 Å². The van der Waals surface area contributed by atoms with Crippen molar-refractivity contribution in [1.82, 2.24) is 0 Å². The molecule has 0 heterocycles. The van der Waals surface area contributed by atoms with Crippen LogP contribution in [0.3, 0.4) is 0 Å². The van der Waals surface area contributed by atoms with E-state index in [1.165, 1.54) is 4.90 Å². The predicted molar refractivity (Wildman–Crippen MR) is 67.1 cm³/mol. The van der Waals surface area contributed by atoms with Gasteiger partial charge in [-0.1, -0.05) is 6.42 Å². The van der Waals surface area contributed by atoms with Gasteiger partial charge in [-0.25, -0.2) is 0 Å². The van der Waals surface area contributed by atoms with Crippen molar-refractivity contribution in [1.29, 1.82) is 0 Å². The van der Waals surface area contributed by atoms with Crippen LogP contribution in [-0.4, -0.2) is 23.6 Å². The molecule has 0 spiro atoms. The van der Waals surface area contributed by atoms with Crippen molar-refractivity contribution >= 4 is 11.8 Å². The molecule has 0 saturated heterocycles. The highest BCUT2D eigenvalue weighted by Gasteiger charge is 2.24. The molecule has 1 aromatic rings. The van der Waals surface area contributed by atoms with Gasteiger partial charge >= 0.3 is 0 Å². The van der Waals surface area contributed by atoms with E-state index in [0.717, 1.165) is 31.4 Å². The van der Waals surface area contributed by atoms with Gasteiger partial charge in [-0.3, -0.25) is 0 Å². The first-order valence-corrected chi connectivity index (χ1v) is 7.01. The molecule has 2 rings (SSSR count). The van der Waals surface area contributed by atoms with Gasteiger partial charge in [0, 0.05) is 4.90 Å². The lowest BCUT2D eigenvalue weighted by Gasteiger charge is -2.28. The lowest BCUT2D eigenvalue weighted by molar-refractivity contribution is 0.00685. The van der Waals surface area contributed by atoms with Crippen molar-refractivity contribution in [3.63, 3.8) is 0 Å². The first-order chi connectivity index (χ1) is 7.79. The summed E-state index contributed by atoms with van der Waals surface area (Å²) in [5.41, 5.74) is 0. The summed E-state index contributed by atoms with van der Waals surface area (Å²) in [7, 11) is 0. The fraction of sp³-hybridized carbons (Fsp3) is 0.538. The molecule has 0 aromatic heterocycles. The number of ether oxygens (including phenoxy) is 1. The average molecular weight is 238 g/mol. The summed E-state index contributed by atoms with van der Waals surface area (Å²) >= 11 is 1.72. The molecule has 0 bridgehead atoms. The molecular formula is C13H18O2S. The quantitative estimate of drug-likeness (QED) is 0.821. The molecule has 3 heteroatoms. The monoisotopic (exact) mass is 238 g/mol. The Morgan fingerprint density at radius 1 is 1.19 bits per heavy atom. The summed E-state index contributed by atoms with van der Waals surface area (Å²) < 4.78 is 5.81. The van der Waals surface area contributed by atoms with E-state index in [2.05, 4.69) is 18.4 Å². The molecule has 2 atom stereocenters. The summed E-state index contributed by atoms with van der Waals surface area (Å²) in [4.78, 5) is 1.23. The van der Waals surface area contributed by atoms with Crippen LogP contribution in [-0.2, 0) is 0 Å². The topological polar surface area (TPSA) is 29.5 Å². The molecule has 1 aliphatic rings. The van der Waals surface area contributed by atoms with Crippen molar-refractivity contribution in [2.75, 3.05) is 6.26 Å². The zero-order valence-corrected chi connectivity index (χ0v) is 10.4. The second kappa shape index (κ2) is 5.60. The number of rotatable bonds is 3. The minimum atomic E-state index is -0.297. The van der Waals surface area contributed by atoms with Gasteiger partial charge in [0.15, 0.2) is 0 Å². The van der Waals surface area contributed by atoms with Crippen LogP contribution >= 0.6 is 11.8 Å². The first-order valence-electron chi connectivity index (χ1n) is 5.78. The van der Waals surface area contributed by atoms with Crippen LogP contribution in [0.15, 0.2) is 29.2 Å². The molecule has 0 aliphatic heterocycles. The van der Waals surface area contributed by atoms with E-state index in [9.17, 15) is 5.11 Å². The third kappa shape index (κ3) is 2.92. The van der Waals surface area contributed by atoms with Crippen molar-refractivity contribution in [2.45, 2.75) is 42.8 Å². The van der Waals surface area contributed by atoms with Gasteiger partial charge in [0.1, 0.15) is 11.9 Å². The number of thioether (sulfide) groups is 1. The highest BCUT2D eigenvalue weighted by Crippen LogP contribution is 2.25. The number of benzene rings is 1. The fourth-order valence-corrected chi connectivity index (χ4v) is 2.45. The van der Waals surface area contributed by atoms with Crippen molar-refractivity contribution in [2.24, 2.45) is 0 Å². The smallest absolute Gasteiger partial charge is 0.124 e. The Hall–Kier alpha value is -0.670. The highest BCUT2D eigenvalue weighted by atomic mass is 32.2. The number of aliphatic hydroxyl groups excluding tert-OH is 1. The van der Waals surface area contributed by atoms with Gasteiger partial charge < -0.3 is 9.84 Å². The van der Waals surface area contributed by atoms with Crippen LogP contribution in [0, 0.1) is 0 Å². The molecule has 1 N–H and O–H groups in total. The van der Waals surface area contributed by atoms with Gasteiger partial charge in [0.25, 0.3) is 0 Å². The average Bonchev–Trinajstić information content (AvgIpc) is 2.33. The van der Waals surface area contributed by atoms with Crippen molar-refractivity contribution < 1.29 is 9.84 Å². The van der Waals surface area contributed by atoms with Crippen LogP contribution in [0.25, 0.3) is 0 Å². The van der Waals surface area contributed by atoms with E-state index in [1.807, 2.05) is 12.1 Å². The first kappa shape index (κ1) is 11.8. The summed E-state index contributed by atoms with van der Waals surface area (Å²) in [5.74, 6) is 0.865. The third-order valence-corrected chi connectivity index (χ3v) is 3.76. The molecule has 2 nitrogen and oxygen atoms in total. The Labute approximate surface area is 101 Å². The Morgan fingerprint density at radius 2 is 1.88 bits per heavy atom. The summed E-state index contributed by atoms with van der Waals surface area (Å²) in [5, 5.41) is 9.80. The van der Waals surface area contributed by atoms with Gasteiger partial charge in [-0.05, 0) is 49.8 Å². The van der Waals surface area contributed by atoms with Crippen LogP contribution in [0.4, 0.5) is 0 Å². The maximum absolute atomic E-state index is 9.80. The maximum Gasteiger partial charge on any atom is 0.124 e. The fourth-order valence-electron chi connectivity index (χ4n) is 2.04. The molecule has 0 radical (unpaired) electrons. The maximum atomic E-state index is 9.80. The minimum absolute atomic E-state index is 0.0196. The highest BCUT2D eigenvalue weighted by molar-refractivity contribution is 7.98. The zero-order valence-electron chi connectivity index (χ0n) is 9.56. The lowest BCUT2D eigenvalue weighted by atomic mass is 9.95. The molecule has 88 valence electrons. The molecule has 0 amide bonds. The van der Waals surface area contributed by atoms with E-state index < -0.39 is 0 Å². The lowest BCUT2D eigenvalue weighted by Crippen LogP contribution is -2.34. The molecule has 1 fully saturated rings. The van der Waals surface area contributed by atoms with E-state index in [-0.39, 0.29) is 12.2 Å². The van der Waals surface area contributed by atoms with Gasteiger partial charge in [-0.15, -0.1) is 11.8 Å². The Bertz CT molecular complexity index is 323. The van der Waals surface area contributed by atoms with E-state index in [0.29, 0.717) is 0 Å². The largest absolute Gasteiger partial charge is 0.488 e. The van der Waals surface area contributed by atoms with Crippen LogP contribution in [0.5, 0.6) is 5.75 Å². The number of aliphatic hydroxyl groups is 1. The second-order valence-corrected chi connectivity index (χ2v) is 5.06. The Balaban J connectivity index is 1.96. The standard InChI is InChI=1S/C13H18O2S/c1-16-11-8-6-10(7-9-11)15-13-5-3-2-4-12(13)14/h6-9,12-14H,2-5H2,1H3/t12-,13-/m1/s1. The Morgan fingerprint density at radius 3 is 2.50 bits per heavy atom. The molecule has 1 aromatic carbocycles. The summed E-state index contributed by atoms with van der Waals surface area (Å²) in [6, 6.07) is 8.06. The molecule has 1 saturated carbocycles.